The number of carboxylic acid groups (broad SMARTS) is 1. The summed E-state index contributed by atoms with van der Waals surface area (Å²) in [6.45, 7) is 3.74. The van der Waals surface area contributed by atoms with Crippen LogP contribution in [-0.2, 0) is 14.8 Å². The van der Waals surface area contributed by atoms with E-state index < -0.39 is 27.3 Å². The average molecular weight is 274 g/mol. The van der Waals surface area contributed by atoms with Gasteiger partial charge in [0.25, 0.3) is 0 Å². The molecule has 1 aliphatic heterocycles. The first-order valence-electron chi connectivity index (χ1n) is 5.75. The molecule has 0 aromatic heterocycles. The molecule has 0 saturated carbocycles. The lowest BCUT2D eigenvalue weighted by atomic mass is 9.93. The van der Waals surface area contributed by atoms with Gasteiger partial charge < -0.3 is 5.11 Å². The van der Waals surface area contributed by atoms with Crippen molar-refractivity contribution >= 4 is 16.0 Å². The molecule has 7 heteroatoms. The lowest BCUT2D eigenvalue weighted by Gasteiger charge is -2.24. The molecule has 0 aliphatic carbocycles. The van der Waals surface area contributed by atoms with E-state index >= 15 is 0 Å². The van der Waals surface area contributed by atoms with Crippen LogP contribution in [0.15, 0.2) is 0 Å². The number of hydrogen-bond acceptors (Lipinski definition) is 4. The van der Waals surface area contributed by atoms with Gasteiger partial charge in [0.05, 0.1) is 17.7 Å². The van der Waals surface area contributed by atoms with Crippen molar-refractivity contribution < 1.29 is 18.3 Å². The van der Waals surface area contributed by atoms with Crippen LogP contribution in [0.1, 0.15) is 26.7 Å². The molecule has 0 radical (unpaired) electrons. The van der Waals surface area contributed by atoms with E-state index in [1.165, 1.54) is 4.31 Å². The van der Waals surface area contributed by atoms with Crippen molar-refractivity contribution in [1.29, 1.82) is 5.26 Å². The van der Waals surface area contributed by atoms with Crippen molar-refractivity contribution in [3.8, 4) is 6.07 Å². The Kier molecular flexibility index (Phi) is 4.35. The zero-order valence-electron chi connectivity index (χ0n) is 10.6. The molecule has 1 unspecified atom stereocenters. The van der Waals surface area contributed by atoms with Crippen molar-refractivity contribution in [2.75, 3.05) is 18.8 Å². The summed E-state index contributed by atoms with van der Waals surface area (Å²) >= 11 is 0. The summed E-state index contributed by atoms with van der Waals surface area (Å²) in [5, 5.41) is 17.5. The molecule has 0 amide bonds. The first-order chi connectivity index (χ1) is 8.18. The van der Waals surface area contributed by atoms with Gasteiger partial charge in [-0.3, -0.25) is 4.79 Å². The van der Waals surface area contributed by atoms with E-state index in [4.69, 9.17) is 10.4 Å². The summed E-state index contributed by atoms with van der Waals surface area (Å²) in [6.07, 6.45) is 0.510. The highest BCUT2D eigenvalue weighted by Gasteiger charge is 2.37. The Hall–Kier alpha value is -1.13. The van der Waals surface area contributed by atoms with Crippen LogP contribution in [0.3, 0.4) is 0 Å². The minimum atomic E-state index is -3.49. The van der Waals surface area contributed by atoms with Crippen LogP contribution < -0.4 is 0 Å². The Balaban J connectivity index is 2.72. The smallest absolute Gasteiger partial charge is 0.307 e. The lowest BCUT2D eigenvalue weighted by Crippen LogP contribution is -2.36. The number of carbonyl (C=O) groups is 1. The fourth-order valence-electron chi connectivity index (χ4n) is 2.03. The monoisotopic (exact) mass is 274 g/mol. The summed E-state index contributed by atoms with van der Waals surface area (Å²) in [7, 11) is -3.49. The Labute approximate surface area is 107 Å². The topological polar surface area (TPSA) is 98.5 Å². The maximum atomic E-state index is 12.1. The van der Waals surface area contributed by atoms with Gasteiger partial charge in [-0.05, 0) is 11.8 Å². The maximum absolute atomic E-state index is 12.1. The van der Waals surface area contributed by atoms with E-state index in [9.17, 15) is 13.2 Å². The fraction of sp³-hybridized carbons (Fsp3) is 0.818. The van der Waals surface area contributed by atoms with Gasteiger partial charge in [-0.2, -0.15) is 5.26 Å². The quantitative estimate of drug-likeness (QED) is 0.794. The molecule has 1 saturated heterocycles. The fourth-order valence-corrected chi connectivity index (χ4v) is 4.10. The van der Waals surface area contributed by atoms with Crippen molar-refractivity contribution in [2.45, 2.75) is 26.7 Å². The molecule has 18 heavy (non-hydrogen) atoms. The summed E-state index contributed by atoms with van der Waals surface area (Å²) < 4.78 is 25.5. The molecule has 1 aliphatic rings. The molecule has 0 aromatic carbocycles. The Morgan fingerprint density at radius 2 is 2.17 bits per heavy atom. The van der Waals surface area contributed by atoms with Crippen LogP contribution in [0.25, 0.3) is 0 Å². The highest BCUT2D eigenvalue weighted by atomic mass is 32.2. The highest BCUT2D eigenvalue weighted by molar-refractivity contribution is 7.89. The summed E-state index contributed by atoms with van der Waals surface area (Å²) in [6, 6.07) is 1.97. The third-order valence-corrected chi connectivity index (χ3v) is 5.29. The van der Waals surface area contributed by atoms with Crippen LogP contribution in [0.2, 0.25) is 0 Å². The van der Waals surface area contributed by atoms with Crippen LogP contribution in [0.4, 0.5) is 0 Å². The van der Waals surface area contributed by atoms with Crippen LogP contribution >= 0.6 is 0 Å². The van der Waals surface area contributed by atoms with Crippen molar-refractivity contribution in [2.24, 2.45) is 11.3 Å². The van der Waals surface area contributed by atoms with Gasteiger partial charge in [0.2, 0.25) is 10.0 Å². The van der Waals surface area contributed by atoms with Gasteiger partial charge in [0.15, 0.2) is 0 Å². The maximum Gasteiger partial charge on any atom is 0.307 e. The molecule has 0 bridgehead atoms. The van der Waals surface area contributed by atoms with Crippen LogP contribution in [-0.4, -0.2) is 42.6 Å². The van der Waals surface area contributed by atoms with E-state index in [0.717, 1.165) is 0 Å². The minimum Gasteiger partial charge on any atom is -0.481 e. The Morgan fingerprint density at radius 1 is 1.56 bits per heavy atom. The van der Waals surface area contributed by atoms with Crippen LogP contribution in [0.5, 0.6) is 0 Å². The van der Waals surface area contributed by atoms with E-state index in [0.29, 0.717) is 6.42 Å². The van der Waals surface area contributed by atoms with E-state index in [1.807, 2.05) is 6.07 Å². The minimum absolute atomic E-state index is 0.0420. The molecule has 1 N–H and O–H groups in total. The summed E-state index contributed by atoms with van der Waals surface area (Å²) in [5.74, 6) is -1.69. The molecular formula is C11H18N2O4S. The zero-order chi connectivity index (χ0) is 14.0. The third kappa shape index (κ3) is 3.68. The molecule has 1 fully saturated rings. The second-order valence-corrected chi connectivity index (χ2v) is 7.41. The average Bonchev–Trinajstić information content (AvgIpc) is 2.64. The highest BCUT2D eigenvalue weighted by Crippen LogP contribution is 2.27. The summed E-state index contributed by atoms with van der Waals surface area (Å²) in [4.78, 5) is 10.8. The first-order valence-corrected chi connectivity index (χ1v) is 7.36. The van der Waals surface area contributed by atoms with Gasteiger partial charge in [-0.1, -0.05) is 13.8 Å². The molecule has 1 atom stereocenters. The first kappa shape index (κ1) is 14.9. The van der Waals surface area contributed by atoms with Crippen molar-refractivity contribution in [1.82, 2.24) is 4.31 Å². The zero-order valence-corrected chi connectivity index (χ0v) is 11.4. The third-order valence-electron chi connectivity index (χ3n) is 3.02. The Morgan fingerprint density at radius 3 is 2.61 bits per heavy atom. The number of rotatable bonds is 5. The van der Waals surface area contributed by atoms with Gasteiger partial charge in [0, 0.05) is 19.5 Å². The normalized spacial score (nSPS) is 21.7. The number of nitrogens with zero attached hydrogens (tertiary/aromatic N) is 2. The van der Waals surface area contributed by atoms with Gasteiger partial charge in [-0.15, -0.1) is 0 Å². The van der Waals surface area contributed by atoms with Gasteiger partial charge in [-0.25, -0.2) is 12.7 Å². The second-order valence-electron chi connectivity index (χ2n) is 5.44. The SMILES string of the molecule is CC(C)(CC#N)CS(=O)(=O)N1CCC(C(=O)O)C1. The molecule has 1 heterocycles. The summed E-state index contributed by atoms with van der Waals surface area (Å²) in [5.41, 5.74) is -0.616. The molecular weight excluding hydrogens is 256 g/mol. The largest absolute Gasteiger partial charge is 0.481 e. The number of aliphatic carboxylic acids is 1. The van der Waals surface area contributed by atoms with E-state index in [2.05, 4.69) is 0 Å². The molecule has 1 rings (SSSR count). The standard InChI is InChI=1S/C11H18N2O4S/c1-11(2,4-5-12)8-18(16,17)13-6-3-9(7-13)10(14)15/h9H,3-4,6-8H2,1-2H3,(H,14,15). The molecule has 102 valence electrons. The Bertz CT molecular complexity index is 464. The molecule has 0 aromatic rings. The number of hydrogen-bond donors (Lipinski definition) is 1. The number of carboxylic acids is 1. The van der Waals surface area contributed by atoms with Crippen molar-refractivity contribution in [3.63, 3.8) is 0 Å². The number of sulfonamides is 1. The number of nitriles is 1. The van der Waals surface area contributed by atoms with Gasteiger partial charge >= 0.3 is 5.97 Å². The van der Waals surface area contributed by atoms with E-state index in [1.54, 1.807) is 13.8 Å². The van der Waals surface area contributed by atoms with Crippen LogP contribution in [0, 0.1) is 22.7 Å². The molecule has 6 nitrogen and oxygen atoms in total. The lowest BCUT2D eigenvalue weighted by molar-refractivity contribution is -0.141. The predicted molar refractivity (Wildman–Crippen MR) is 65.1 cm³/mol. The predicted octanol–water partition coefficient (Wildman–Crippen LogP) is 0.663. The molecule has 0 spiro atoms. The second kappa shape index (κ2) is 5.24. The van der Waals surface area contributed by atoms with E-state index in [-0.39, 0.29) is 25.3 Å². The van der Waals surface area contributed by atoms with Gasteiger partial charge in [0.1, 0.15) is 0 Å². The van der Waals surface area contributed by atoms with Crippen molar-refractivity contribution in [3.05, 3.63) is 0 Å².